The summed E-state index contributed by atoms with van der Waals surface area (Å²) in [7, 11) is 4.23. The van der Waals surface area contributed by atoms with Crippen LogP contribution in [0.2, 0.25) is 0 Å². The van der Waals surface area contributed by atoms with E-state index in [1.54, 1.807) is 0 Å². The molecule has 0 aliphatic carbocycles. The molecule has 1 amide bonds. The second-order valence-electron chi connectivity index (χ2n) is 7.77. The van der Waals surface area contributed by atoms with Crippen molar-refractivity contribution in [1.82, 2.24) is 24.3 Å². The van der Waals surface area contributed by atoms with Crippen LogP contribution < -0.4 is 0 Å². The van der Waals surface area contributed by atoms with Gasteiger partial charge in [0.2, 0.25) is 5.91 Å². The van der Waals surface area contributed by atoms with Crippen LogP contribution in [0, 0.1) is 0 Å². The highest BCUT2D eigenvalue weighted by molar-refractivity contribution is 5.78. The molecule has 6 heteroatoms. The summed E-state index contributed by atoms with van der Waals surface area (Å²) in [6, 6.07) is 0. The lowest BCUT2D eigenvalue weighted by molar-refractivity contribution is -0.133. The highest BCUT2D eigenvalue weighted by Gasteiger charge is 2.27. The Kier molecular flexibility index (Phi) is 6.48. The van der Waals surface area contributed by atoms with Gasteiger partial charge in [-0.15, -0.1) is 0 Å². The van der Waals surface area contributed by atoms with Crippen molar-refractivity contribution < 1.29 is 4.79 Å². The third-order valence-corrected chi connectivity index (χ3v) is 5.52. The van der Waals surface area contributed by atoms with E-state index in [2.05, 4.69) is 44.5 Å². The number of carbonyl (C=O) groups is 1. The third-order valence-electron chi connectivity index (χ3n) is 5.52. The van der Waals surface area contributed by atoms with Gasteiger partial charge < -0.3 is 14.4 Å². The van der Waals surface area contributed by atoms with E-state index in [1.807, 2.05) is 6.20 Å². The summed E-state index contributed by atoms with van der Waals surface area (Å²) in [6.45, 7) is 6.68. The molecule has 0 aromatic carbocycles. The lowest BCUT2D eigenvalue weighted by Crippen LogP contribution is -2.43. The van der Waals surface area contributed by atoms with Crippen LogP contribution in [-0.2, 0) is 11.3 Å². The first kappa shape index (κ1) is 18.4. The Morgan fingerprint density at radius 1 is 1.20 bits per heavy atom. The Bertz CT molecular complexity index is 542. The summed E-state index contributed by atoms with van der Waals surface area (Å²) in [4.78, 5) is 23.7. The molecule has 3 heterocycles. The number of rotatable bonds is 7. The predicted molar refractivity (Wildman–Crippen MR) is 99.6 cm³/mol. The predicted octanol–water partition coefficient (Wildman–Crippen LogP) is 1.64. The van der Waals surface area contributed by atoms with E-state index in [1.165, 1.54) is 18.7 Å². The van der Waals surface area contributed by atoms with Gasteiger partial charge in [-0.3, -0.25) is 9.69 Å². The number of aryl methyl sites for hydroxylation is 1. The molecule has 1 aromatic heterocycles. The topological polar surface area (TPSA) is 44.6 Å². The molecule has 0 bridgehead atoms. The van der Waals surface area contributed by atoms with Gasteiger partial charge in [0.15, 0.2) is 0 Å². The number of aromatic nitrogens is 2. The maximum absolute atomic E-state index is 12.5. The van der Waals surface area contributed by atoms with Gasteiger partial charge in [0, 0.05) is 37.9 Å². The van der Waals surface area contributed by atoms with Crippen molar-refractivity contribution in [3.05, 3.63) is 18.2 Å². The Labute approximate surface area is 151 Å². The van der Waals surface area contributed by atoms with Gasteiger partial charge >= 0.3 is 0 Å². The van der Waals surface area contributed by atoms with Gasteiger partial charge in [0.1, 0.15) is 5.82 Å². The average Bonchev–Trinajstić information content (AvgIpc) is 3.26. The molecule has 2 fully saturated rings. The smallest absolute Gasteiger partial charge is 0.236 e. The average molecular weight is 348 g/mol. The van der Waals surface area contributed by atoms with Crippen LogP contribution >= 0.6 is 0 Å². The molecule has 2 aliphatic rings. The molecule has 0 radical (unpaired) electrons. The van der Waals surface area contributed by atoms with E-state index in [9.17, 15) is 4.79 Å². The van der Waals surface area contributed by atoms with Crippen LogP contribution in [-0.4, -0.2) is 83.5 Å². The van der Waals surface area contributed by atoms with Crippen LogP contribution in [0.1, 0.15) is 43.8 Å². The third kappa shape index (κ3) is 5.05. The zero-order valence-corrected chi connectivity index (χ0v) is 15.9. The van der Waals surface area contributed by atoms with Crippen molar-refractivity contribution in [3.8, 4) is 0 Å². The van der Waals surface area contributed by atoms with Crippen molar-refractivity contribution in [2.75, 3.05) is 53.4 Å². The van der Waals surface area contributed by atoms with Crippen LogP contribution in [0.25, 0.3) is 0 Å². The summed E-state index contributed by atoms with van der Waals surface area (Å²) in [6.07, 6.45) is 9.74. The zero-order chi connectivity index (χ0) is 17.6. The quantitative estimate of drug-likeness (QED) is 0.752. The number of piperidine rings is 1. The molecule has 1 aromatic rings. The fourth-order valence-corrected chi connectivity index (χ4v) is 4.05. The first-order chi connectivity index (χ1) is 12.1. The molecule has 0 atom stereocenters. The van der Waals surface area contributed by atoms with Gasteiger partial charge in [-0.25, -0.2) is 4.98 Å². The molecule has 0 saturated carbocycles. The molecule has 25 heavy (non-hydrogen) atoms. The molecule has 0 spiro atoms. The van der Waals surface area contributed by atoms with Crippen molar-refractivity contribution in [1.29, 1.82) is 0 Å². The van der Waals surface area contributed by atoms with Crippen molar-refractivity contribution in [3.63, 3.8) is 0 Å². The number of carbonyl (C=O) groups excluding carboxylic acids is 1. The van der Waals surface area contributed by atoms with Gasteiger partial charge in [0.25, 0.3) is 0 Å². The Balaban J connectivity index is 1.47. The maximum Gasteiger partial charge on any atom is 0.236 e. The second-order valence-corrected chi connectivity index (χ2v) is 7.77. The van der Waals surface area contributed by atoms with E-state index in [4.69, 9.17) is 0 Å². The largest absolute Gasteiger partial charge is 0.342 e. The van der Waals surface area contributed by atoms with E-state index in [-0.39, 0.29) is 0 Å². The van der Waals surface area contributed by atoms with E-state index < -0.39 is 0 Å². The zero-order valence-electron chi connectivity index (χ0n) is 15.9. The maximum atomic E-state index is 12.5. The standard InChI is InChI=1S/C19H33N5O/c1-21(2)9-5-12-24-15-8-20-19(24)17-6-13-23(14-7-17)18(25)16-22-10-3-4-11-22/h8,15,17H,3-7,9-14,16H2,1-2H3. The van der Waals surface area contributed by atoms with Crippen LogP contribution in [0.5, 0.6) is 0 Å². The summed E-state index contributed by atoms with van der Waals surface area (Å²) >= 11 is 0. The number of amides is 1. The van der Waals surface area contributed by atoms with Crippen LogP contribution in [0.3, 0.4) is 0 Å². The van der Waals surface area contributed by atoms with Crippen molar-refractivity contribution in [2.45, 2.75) is 44.6 Å². The summed E-state index contributed by atoms with van der Waals surface area (Å²) in [5.41, 5.74) is 0. The molecule has 2 aliphatic heterocycles. The summed E-state index contributed by atoms with van der Waals surface area (Å²) in [5, 5.41) is 0. The lowest BCUT2D eigenvalue weighted by Gasteiger charge is -2.33. The first-order valence-corrected chi connectivity index (χ1v) is 9.79. The van der Waals surface area contributed by atoms with Gasteiger partial charge in [-0.2, -0.15) is 0 Å². The number of nitrogens with zero attached hydrogens (tertiary/aromatic N) is 5. The van der Waals surface area contributed by atoms with Crippen LogP contribution in [0.4, 0.5) is 0 Å². The number of likely N-dealkylation sites (tertiary alicyclic amines) is 2. The minimum absolute atomic E-state index is 0.315. The SMILES string of the molecule is CN(C)CCCn1ccnc1C1CCN(C(=O)CN2CCCC2)CC1. The number of imidazole rings is 1. The molecule has 6 nitrogen and oxygen atoms in total. The first-order valence-electron chi connectivity index (χ1n) is 9.79. The normalized spacial score (nSPS) is 19.9. The molecule has 140 valence electrons. The summed E-state index contributed by atoms with van der Waals surface area (Å²) < 4.78 is 2.32. The molecule has 3 rings (SSSR count). The van der Waals surface area contributed by atoms with Crippen LogP contribution in [0.15, 0.2) is 12.4 Å². The minimum Gasteiger partial charge on any atom is -0.342 e. The highest BCUT2D eigenvalue weighted by atomic mass is 16.2. The number of hydrogen-bond donors (Lipinski definition) is 0. The van der Waals surface area contributed by atoms with Gasteiger partial charge in [-0.1, -0.05) is 0 Å². The highest BCUT2D eigenvalue weighted by Crippen LogP contribution is 2.27. The molecule has 2 saturated heterocycles. The molecular formula is C19H33N5O. The fraction of sp³-hybridized carbons (Fsp3) is 0.789. The Hall–Kier alpha value is -1.40. The lowest BCUT2D eigenvalue weighted by atomic mass is 9.95. The van der Waals surface area contributed by atoms with Crippen molar-refractivity contribution >= 4 is 5.91 Å². The summed E-state index contributed by atoms with van der Waals surface area (Å²) in [5.74, 6) is 2.02. The van der Waals surface area contributed by atoms with E-state index >= 15 is 0 Å². The Morgan fingerprint density at radius 3 is 2.60 bits per heavy atom. The number of hydrogen-bond acceptors (Lipinski definition) is 4. The van der Waals surface area contributed by atoms with E-state index in [0.29, 0.717) is 18.4 Å². The van der Waals surface area contributed by atoms with E-state index in [0.717, 1.165) is 58.5 Å². The molecule has 0 N–H and O–H groups in total. The fourth-order valence-electron chi connectivity index (χ4n) is 4.05. The van der Waals surface area contributed by atoms with Crippen molar-refractivity contribution in [2.24, 2.45) is 0 Å². The monoisotopic (exact) mass is 347 g/mol. The Morgan fingerprint density at radius 2 is 1.92 bits per heavy atom. The molecular weight excluding hydrogens is 314 g/mol. The molecule has 0 unspecified atom stereocenters. The van der Waals surface area contributed by atoms with Gasteiger partial charge in [-0.05, 0) is 65.8 Å². The second kappa shape index (κ2) is 8.81. The van der Waals surface area contributed by atoms with Gasteiger partial charge in [0.05, 0.1) is 6.54 Å². The minimum atomic E-state index is 0.315.